The SMILES string of the molecule is COCCN(CC(=O)N1N=C(c2ccc([N+](=O)[O-])cc2)C[C@H]1c1ccc(OC)cc1)C(=O)C(C)C. The number of carbonyl (C=O) groups excluding carboxylic acids is 2. The molecule has 3 rings (SSSR count). The average molecular weight is 483 g/mol. The summed E-state index contributed by atoms with van der Waals surface area (Å²) in [7, 11) is 3.12. The number of nitro benzene ring substituents is 1. The molecule has 0 bridgehead atoms. The van der Waals surface area contributed by atoms with Gasteiger partial charge in [-0.25, -0.2) is 5.01 Å². The third-order valence-electron chi connectivity index (χ3n) is 5.77. The van der Waals surface area contributed by atoms with Crippen LogP contribution in [0.15, 0.2) is 53.6 Å². The first kappa shape index (κ1) is 25.8. The van der Waals surface area contributed by atoms with Gasteiger partial charge in [0.15, 0.2) is 0 Å². The van der Waals surface area contributed by atoms with Gasteiger partial charge in [0.1, 0.15) is 12.3 Å². The summed E-state index contributed by atoms with van der Waals surface area (Å²) in [4.78, 5) is 38.2. The topological polar surface area (TPSA) is 115 Å². The molecule has 0 fully saturated rings. The molecule has 1 aliphatic heterocycles. The molecule has 0 aromatic heterocycles. The Labute approximate surface area is 204 Å². The first-order valence-electron chi connectivity index (χ1n) is 11.3. The maximum absolute atomic E-state index is 13.4. The highest BCUT2D eigenvalue weighted by Crippen LogP contribution is 2.34. The lowest BCUT2D eigenvalue weighted by Crippen LogP contribution is -2.44. The van der Waals surface area contributed by atoms with E-state index in [0.717, 1.165) is 5.56 Å². The van der Waals surface area contributed by atoms with E-state index in [2.05, 4.69) is 5.10 Å². The van der Waals surface area contributed by atoms with Gasteiger partial charge in [-0.05, 0) is 35.4 Å². The zero-order chi connectivity index (χ0) is 25.5. The Morgan fingerprint density at radius 1 is 1.14 bits per heavy atom. The van der Waals surface area contributed by atoms with Crippen LogP contribution in [0.5, 0.6) is 5.75 Å². The van der Waals surface area contributed by atoms with Crippen molar-refractivity contribution in [3.05, 3.63) is 69.8 Å². The monoisotopic (exact) mass is 482 g/mol. The summed E-state index contributed by atoms with van der Waals surface area (Å²) in [6.07, 6.45) is 0.423. The van der Waals surface area contributed by atoms with E-state index in [9.17, 15) is 19.7 Å². The number of carbonyl (C=O) groups is 2. The second kappa shape index (κ2) is 11.6. The molecule has 1 heterocycles. The highest BCUT2D eigenvalue weighted by Gasteiger charge is 2.34. The summed E-state index contributed by atoms with van der Waals surface area (Å²) in [5.41, 5.74) is 2.16. The van der Waals surface area contributed by atoms with Crippen molar-refractivity contribution in [3.63, 3.8) is 0 Å². The number of hydrogen-bond acceptors (Lipinski definition) is 7. The maximum atomic E-state index is 13.4. The van der Waals surface area contributed by atoms with Crippen molar-refractivity contribution in [1.82, 2.24) is 9.91 Å². The summed E-state index contributed by atoms with van der Waals surface area (Å²) < 4.78 is 10.4. The van der Waals surface area contributed by atoms with E-state index in [1.54, 1.807) is 40.2 Å². The Bertz CT molecular complexity index is 1080. The van der Waals surface area contributed by atoms with Crippen molar-refractivity contribution in [2.24, 2.45) is 11.0 Å². The van der Waals surface area contributed by atoms with Gasteiger partial charge in [0.25, 0.3) is 11.6 Å². The van der Waals surface area contributed by atoms with Gasteiger partial charge >= 0.3 is 0 Å². The Balaban J connectivity index is 1.91. The van der Waals surface area contributed by atoms with E-state index in [0.29, 0.717) is 36.6 Å². The lowest BCUT2D eigenvalue weighted by molar-refractivity contribution is -0.384. The molecule has 0 saturated carbocycles. The molecule has 1 atom stereocenters. The van der Waals surface area contributed by atoms with E-state index in [-0.39, 0.29) is 30.0 Å². The summed E-state index contributed by atoms with van der Waals surface area (Å²) in [6.45, 7) is 4.04. The zero-order valence-electron chi connectivity index (χ0n) is 20.3. The minimum atomic E-state index is -0.462. The van der Waals surface area contributed by atoms with Crippen molar-refractivity contribution in [1.29, 1.82) is 0 Å². The fourth-order valence-corrected chi connectivity index (χ4v) is 3.85. The molecule has 0 saturated heterocycles. The number of nitro groups is 1. The number of non-ortho nitro benzene ring substituents is 1. The zero-order valence-corrected chi connectivity index (χ0v) is 20.3. The van der Waals surface area contributed by atoms with Crippen LogP contribution in [-0.4, -0.2) is 66.3 Å². The third-order valence-corrected chi connectivity index (χ3v) is 5.77. The van der Waals surface area contributed by atoms with Gasteiger partial charge in [0, 0.05) is 38.1 Å². The van der Waals surface area contributed by atoms with Crippen LogP contribution >= 0.6 is 0 Å². The molecule has 10 heteroatoms. The molecule has 2 aromatic carbocycles. The Morgan fingerprint density at radius 3 is 2.34 bits per heavy atom. The number of benzene rings is 2. The Morgan fingerprint density at radius 2 is 1.80 bits per heavy atom. The highest BCUT2D eigenvalue weighted by atomic mass is 16.6. The fourth-order valence-electron chi connectivity index (χ4n) is 3.85. The quantitative estimate of drug-likeness (QED) is 0.379. The predicted octanol–water partition coefficient (Wildman–Crippen LogP) is 3.41. The number of nitrogens with zero attached hydrogens (tertiary/aromatic N) is 4. The second-order valence-corrected chi connectivity index (χ2v) is 8.49. The molecule has 0 unspecified atom stereocenters. The lowest BCUT2D eigenvalue weighted by Gasteiger charge is -2.28. The fraction of sp³-hybridized carbons (Fsp3) is 0.400. The van der Waals surface area contributed by atoms with Gasteiger partial charge in [-0.2, -0.15) is 5.10 Å². The first-order chi connectivity index (χ1) is 16.7. The molecule has 35 heavy (non-hydrogen) atoms. The van der Waals surface area contributed by atoms with Crippen molar-refractivity contribution in [2.45, 2.75) is 26.3 Å². The Hall–Kier alpha value is -3.79. The van der Waals surface area contributed by atoms with Crippen LogP contribution in [0.25, 0.3) is 0 Å². The molecular weight excluding hydrogens is 452 g/mol. The number of rotatable bonds is 10. The number of ether oxygens (including phenoxy) is 2. The standard InChI is InChI=1S/C25H30N4O6/c1-17(2)25(31)27(13-14-34-3)16-24(30)28-23(19-7-11-21(35-4)12-8-19)15-22(26-28)18-5-9-20(10-6-18)29(32)33/h5-12,17,23H,13-16H2,1-4H3/t23-/m0/s1. The second-order valence-electron chi connectivity index (χ2n) is 8.49. The van der Waals surface area contributed by atoms with Crippen LogP contribution in [0.4, 0.5) is 5.69 Å². The molecule has 0 aliphatic carbocycles. The molecule has 0 radical (unpaired) electrons. The van der Waals surface area contributed by atoms with Crippen LogP contribution < -0.4 is 4.74 Å². The normalized spacial score (nSPS) is 15.2. The van der Waals surface area contributed by atoms with Crippen molar-refractivity contribution in [2.75, 3.05) is 33.9 Å². The minimum absolute atomic E-state index is 0.0204. The van der Waals surface area contributed by atoms with E-state index in [1.807, 2.05) is 24.3 Å². The van der Waals surface area contributed by atoms with Crippen LogP contribution in [0.2, 0.25) is 0 Å². The minimum Gasteiger partial charge on any atom is -0.497 e. The van der Waals surface area contributed by atoms with Gasteiger partial charge < -0.3 is 14.4 Å². The number of hydrogen-bond donors (Lipinski definition) is 0. The number of amides is 2. The van der Waals surface area contributed by atoms with Crippen LogP contribution in [-0.2, 0) is 14.3 Å². The van der Waals surface area contributed by atoms with Gasteiger partial charge in [0.2, 0.25) is 5.91 Å². The molecular formula is C25H30N4O6. The predicted molar refractivity (Wildman–Crippen MR) is 130 cm³/mol. The molecule has 1 aliphatic rings. The molecule has 2 aromatic rings. The summed E-state index contributed by atoms with van der Waals surface area (Å²) in [6, 6.07) is 13.1. The van der Waals surface area contributed by atoms with E-state index in [1.165, 1.54) is 22.0 Å². The first-order valence-corrected chi connectivity index (χ1v) is 11.3. The molecule has 10 nitrogen and oxygen atoms in total. The molecule has 0 spiro atoms. The molecule has 2 amide bonds. The van der Waals surface area contributed by atoms with E-state index in [4.69, 9.17) is 9.47 Å². The van der Waals surface area contributed by atoms with E-state index < -0.39 is 11.0 Å². The largest absolute Gasteiger partial charge is 0.497 e. The van der Waals surface area contributed by atoms with Crippen LogP contribution in [0.1, 0.15) is 37.4 Å². The molecule has 186 valence electrons. The average Bonchev–Trinajstić information content (AvgIpc) is 3.31. The third kappa shape index (κ3) is 6.21. The van der Waals surface area contributed by atoms with Crippen molar-refractivity contribution >= 4 is 23.2 Å². The van der Waals surface area contributed by atoms with Gasteiger partial charge in [-0.3, -0.25) is 19.7 Å². The Kier molecular flexibility index (Phi) is 8.53. The highest BCUT2D eigenvalue weighted by molar-refractivity contribution is 6.03. The number of methoxy groups -OCH3 is 2. The van der Waals surface area contributed by atoms with Crippen molar-refractivity contribution < 1.29 is 24.0 Å². The van der Waals surface area contributed by atoms with Crippen LogP contribution in [0.3, 0.4) is 0 Å². The summed E-state index contributed by atoms with van der Waals surface area (Å²) in [5.74, 6) is -0.0489. The maximum Gasteiger partial charge on any atom is 0.269 e. The van der Waals surface area contributed by atoms with Gasteiger partial charge in [-0.1, -0.05) is 26.0 Å². The van der Waals surface area contributed by atoms with Crippen LogP contribution in [0, 0.1) is 16.0 Å². The van der Waals surface area contributed by atoms with E-state index >= 15 is 0 Å². The van der Waals surface area contributed by atoms with Gasteiger partial charge in [-0.15, -0.1) is 0 Å². The van der Waals surface area contributed by atoms with Gasteiger partial charge in [0.05, 0.1) is 30.4 Å². The number of hydrazone groups is 1. The summed E-state index contributed by atoms with van der Waals surface area (Å²) >= 11 is 0. The summed E-state index contributed by atoms with van der Waals surface area (Å²) in [5, 5.41) is 17.0. The molecule has 0 N–H and O–H groups in total. The lowest BCUT2D eigenvalue weighted by atomic mass is 9.98. The smallest absolute Gasteiger partial charge is 0.269 e. The van der Waals surface area contributed by atoms with Crippen molar-refractivity contribution in [3.8, 4) is 5.75 Å².